The molecule has 10 heteroatoms. The largest absolute Gasteiger partial charge is 0.380 e. The molecule has 32 heavy (non-hydrogen) atoms. The highest BCUT2D eigenvalue weighted by Crippen LogP contribution is 2.27. The van der Waals surface area contributed by atoms with Crippen LogP contribution in [0, 0.1) is 5.82 Å². The number of amidine groups is 1. The molecule has 0 unspecified atom stereocenters. The molecule has 0 fully saturated rings. The van der Waals surface area contributed by atoms with E-state index in [1.165, 1.54) is 17.4 Å². The van der Waals surface area contributed by atoms with Crippen molar-refractivity contribution in [3.05, 3.63) is 88.4 Å². The number of thioether (sulfide) groups is 1. The Labute approximate surface area is 191 Å². The van der Waals surface area contributed by atoms with Crippen molar-refractivity contribution in [2.24, 2.45) is 10.9 Å². The molecule has 0 amide bonds. The molecule has 7 nitrogen and oxygen atoms in total. The van der Waals surface area contributed by atoms with Gasteiger partial charge in [0.1, 0.15) is 11.6 Å². The van der Waals surface area contributed by atoms with Gasteiger partial charge in [0.05, 0.1) is 17.0 Å². The fourth-order valence-corrected chi connectivity index (χ4v) is 4.19. The van der Waals surface area contributed by atoms with Gasteiger partial charge in [-0.2, -0.15) is 0 Å². The van der Waals surface area contributed by atoms with Crippen LogP contribution in [0.15, 0.2) is 82.4 Å². The molecule has 162 valence electrons. The Hall–Kier alpha value is -3.50. The normalized spacial score (nSPS) is 11.5. The number of oxime groups is 1. The third kappa shape index (κ3) is 5.21. The summed E-state index contributed by atoms with van der Waals surface area (Å²) in [6.07, 6.45) is 0. The minimum absolute atomic E-state index is 0.0641. The Bertz CT molecular complexity index is 1230. The van der Waals surface area contributed by atoms with Gasteiger partial charge in [-0.3, -0.25) is 4.57 Å². The SMILES string of the molecule is N/C(=N\OC(=O)CSc1nnc(-c2ccccc2F)n1Cc1ccccc1)c1cccs1. The van der Waals surface area contributed by atoms with E-state index in [4.69, 9.17) is 10.6 Å². The highest BCUT2D eigenvalue weighted by atomic mass is 32.2. The number of carbonyl (C=O) groups excluding carboxylic acids is 1. The minimum Gasteiger partial charge on any atom is -0.380 e. The van der Waals surface area contributed by atoms with Crippen LogP contribution in [0.25, 0.3) is 11.4 Å². The first-order chi connectivity index (χ1) is 15.6. The van der Waals surface area contributed by atoms with Gasteiger partial charge < -0.3 is 10.6 Å². The highest BCUT2D eigenvalue weighted by Gasteiger charge is 2.19. The maximum atomic E-state index is 14.4. The van der Waals surface area contributed by atoms with Gasteiger partial charge in [0.25, 0.3) is 0 Å². The van der Waals surface area contributed by atoms with Gasteiger partial charge in [-0.25, -0.2) is 9.18 Å². The Morgan fingerprint density at radius 2 is 1.88 bits per heavy atom. The molecule has 0 spiro atoms. The number of carbonyl (C=O) groups is 1. The van der Waals surface area contributed by atoms with Crippen LogP contribution in [-0.4, -0.2) is 32.3 Å². The molecule has 4 rings (SSSR count). The highest BCUT2D eigenvalue weighted by molar-refractivity contribution is 7.99. The van der Waals surface area contributed by atoms with E-state index in [0.29, 0.717) is 28.0 Å². The average Bonchev–Trinajstić information content (AvgIpc) is 3.48. The van der Waals surface area contributed by atoms with Crippen molar-refractivity contribution in [1.29, 1.82) is 0 Å². The van der Waals surface area contributed by atoms with E-state index in [1.807, 2.05) is 41.8 Å². The standard InChI is InChI=1S/C22H18FN5O2S2/c23-17-10-5-4-9-16(17)21-25-26-22(28(21)13-15-7-2-1-3-8-15)32-14-19(29)30-27-20(24)18-11-6-12-31-18/h1-12H,13-14H2,(H2,24,27). The number of rotatable bonds is 8. The summed E-state index contributed by atoms with van der Waals surface area (Å²) in [6.45, 7) is 0.415. The van der Waals surface area contributed by atoms with Crippen LogP contribution < -0.4 is 5.73 Å². The predicted octanol–water partition coefficient (Wildman–Crippen LogP) is 4.15. The summed E-state index contributed by atoms with van der Waals surface area (Å²) in [5.74, 6) is -0.541. The smallest absolute Gasteiger partial charge is 0.345 e. The topological polar surface area (TPSA) is 95.4 Å². The molecule has 0 bridgehead atoms. The van der Waals surface area contributed by atoms with Gasteiger partial charge in [0.15, 0.2) is 16.8 Å². The van der Waals surface area contributed by atoms with Crippen molar-refractivity contribution in [3.8, 4) is 11.4 Å². The maximum Gasteiger partial charge on any atom is 0.345 e. The van der Waals surface area contributed by atoms with Crippen LogP contribution in [0.2, 0.25) is 0 Å². The predicted molar refractivity (Wildman–Crippen MR) is 123 cm³/mol. The molecule has 2 aromatic heterocycles. The molecule has 0 atom stereocenters. The summed E-state index contributed by atoms with van der Waals surface area (Å²) in [5.41, 5.74) is 7.12. The number of thiophene rings is 1. The van der Waals surface area contributed by atoms with Crippen molar-refractivity contribution in [1.82, 2.24) is 14.8 Å². The lowest BCUT2D eigenvalue weighted by Crippen LogP contribution is -2.14. The summed E-state index contributed by atoms with van der Waals surface area (Å²) in [5, 5.41) is 14.4. The minimum atomic E-state index is -0.587. The first-order valence-electron chi connectivity index (χ1n) is 9.54. The molecule has 4 aromatic rings. The molecular weight excluding hydrogens is 449 g/mol. The van der Waals surface area contributed by atoms with E-state index in [2.05, 4.69) is 15.4 Å². The molecule has 2 N–H and O–H groups in total. The number of aromatic nitrogens is 3. The number of benzene rings is 2. The van der Waals surface area contributed by atoms with Gasteiger partial charge in [-0.1, -0.05) is 65.4 Å². The van der Waals surface area contributed by atoms with Gasteiger partial charge >= 0.3 is 5.97 Å². The lowest BCUT2D eigenvalue weighted by atomic mass is 10.2. The Morgan fingerprint density at radius 3 is 2.62 bits per heavy atom. The Morgan fingerprint density at radius 1 is 1.09 bits per heavy atom. The molecule has 0 radical (unpaired) electrons. The second-order valence-electron chi connectivity index (χ2n) is 6.56. The summed E-state index contributed by atoms with van der Waals surface area (Å²) in [7, 11) is 0. The van der Waals surface area contributed by atoms with Crippen molar-refractivity contribution < 1.29 is 14.0 Å². The van der Waals surface area contributed by atoms with Crippen molar-refractivity contribution >= 4 is 34.9 Å². The zero-order valence-corrected chi connectivity index (χ0v) is 18.4. The number of nitrogens with two attached hydrogens (primary N) is 1. The lowest BCUT2D eigenvalue weighted by molar-refractivity contribution is -0.140. The van der Waals surface area contributed by atoms with E-state index in [0.717, 1.165) is 17.3 Å². The van der Waals surface area contributed by atoms with Gasteiger partial charge in [0.2, 0.25) is 0 Å². The fourth-order valence-electron chi connectivity index (χ4n) is 2.87. The van der Waals surface area contributed by atoms with Crippen LogP contribution in [0.5, 0.6) is 0 Å². The molecule has 2 aromatic carbocycles. The fraction of sp³-hybridized carbons (Fsp3) is 0.0909. The molecule has 2 heterocycles. The monoisotopic (exact) mass is 467 g/mol. The van der Waals surface area contributed by atoms with E-state index in [1.54, 1.807) is 28.8 Å². The van der Waals surface area contributed by atoms with E-state index >= 15 is 0 Å². The average molecular weight is 468 g/mol. The zero-order valence-electron chi connectivity index (χ0n) is 16.7. The van der Waals surface area contributed by atoms with Crippen LogP contribution in [0.3, 0.4) is 0 Å². The molecule has 0 aliphatic heterocycles. The van der Waals surface area contributed by atoms with Crippen molar-refractivity contribution in [2.75, 3.05) is 5.75 Å². The summed E-state index contributed by atoms with van der Waals surface area (Å²) in [4.78, 5) is 17.8. The third-order valence-electron chi connectivity index (χ3n) is 4.35. The quantitative estimate of drug-likeness (QED) is 0.138. The maximum absolute atomic E-state index is 14.4. The van der Waals surface area contributed by atoms with Gasteiger partial charge in [-0.15, -0.1) is 21.5 Å². The molecule has 0 aliphatic rings. The van der Waals surface area contributed by atoms with Crippen LogP contribution in [0.4, 0.5) is 4.39 Å². The van der Waals surface area contributed by atoms with E-state index in [-0.39, 0.29) is 11.6 Å². The first-order valence-corrected chi connectivity index (χ1v) is 11.4. The summed E-state index contributed by atoms with van der Waals surface area (Å²) < 4.78 is 16.2. The number of nitrogens with zero attached hydrogens (tertiary/aromatic N) is 4. The van der Waals surface area contributed by atoms with Crippen molar-refractivity contribution in [3.63, 3.8) is 0 Å². The zero-order chi connectivity index (χ0) is 22.3. The van der Waals surface area contributed by atoms with Gasteiger partial charge in [0, 0.05) is 0 Å². The van der Waals surface area contributed by atoms with Gasteiger partial charge in [-0.05, 0) is 29.1 Å². The van der Waals surface area contributed by atoms with Crippen LogP contribution in [0.1, 0.15) is 10.4 Å². The molecule has 0 saturated heterocycles. The van der Waals surface area contributed by atoms with E-state index in [9.17, 15) is 9.18 Å². The summed E-state index contributed by atoms with van der Waals surface area (Å²) >= 11 is 2.52. The second-order valence-corrected chi connectivity index (χ2v) is 8.45. The summed E-state index contributed by atoms with van der Waals surface area (Å²) in [6, 6.07) is 19.6. The Kier molecular flexibility index (Phi) is 6.93. The van der Waals surface area contributed by atoms with Crippen molar-refractivity contribution in [2.45, 2.75) is 11.7 Å². The number of hydrogen-bond donors (Lipinski definition) is 1. The van der Waals surface area contributed by atoms with E-state index < -0.39 is 11.8 Å². The van der Waals surface area contributed by atoms with Crippen LogP contribution >= 0.6 is 23.1 Å². The number of halogens is 1. The first kappa shape index (κ1) is 21.7. The molecular formula is C22H18FN5O2S2. The molecule has 0 aliphatic carbocycles. The third-order valence-corrected chi connectivity index (χ3v) is 6.19. The Balaban J connectivity index is 1.52. The second kappa shape index (κ2) is 10.2. The van der Waals surface area contributed by atoms with Crippen LogP contribution in [-0.2, 0) is 16.2 Å². The number of hydrogen-bond acceptors (Lipinski definition) is 7. The molecule has 0 saturated carbocycles. The lowest BCUT2D eigenvalue weighted by Gasteiger charge is -2.10.